The molecular formula is C38H52N2O9. The van der Waals surface area contributed by atoms with Crippen molar-refractivity contribution < 1.29 is 38.7 Å². The molecule has 0 aliphatic carbocycles. The van der Waals surface area contributed by atoms with Crippen LogP contribution in [0.1, 0.15) is 44.4 Å². The highest BCUT2D eigenvalue weighted by molar-refractivity contribution is 5.97. The molecule has 2 unspecified atom stereocenters. The minimum atomic E-state index is -0.769. The van der Waals surface area contributed by atoms with Crippen LogP contribution >= 0.6 is 0 Å². The third-order valence-electron chi connectivity index (χ3n) is 9.07. The molecule has 2 saturated heterocycles. The van der Waals surface area contributed by atoms with E-state index in [0.717, 1.165) is 48.5 Å². The SMILES string of the molecule is CC(C)=CCc1c(OCC(O)CN2CCOCC2)cc2oc3cc(OCC(O)CN4CCOCC4)c(C)c(CC=C(C)C)c3c(=O)c2c1O. The van der Waals surface area contributed by atoms with Crippen molar-refractivity contribution in [3.05, 3.63) is 62.3 Å². The molecule has 2 aromatic carbocycles. The van der Waals surface area contributed by atoms with E-state index in [9.17, 15) is 20.1 Å². The number of rotatable bonds is 14. The van der Waals surface area contributed by atoms with E-state index in [2.05, 4.69) is 9.80 Å². The lowest BCUT2D eigenvalue weighted by atomic mass is 9.96. The lowest BCUT2D eigenvalue weighted by Crippen LogP contribution is -2.42. The lowest BCUT2D eigenvalue weighted by molar-refractivity contribution is 0.00446. The first-order valence-electron chi connectivity index (χ1n) is 17.3. The summed E-state index contributed by atoms with van der Waals surface area (Å²) in [5, 5.41) is 33.7. The minimum absolute atomic E-state index is 0.00124. The van der Waals surface area contributed by atoms with Crippen LogP contribution in [-0.2, 0) is 22.3 Å². The van der Waals surface area contributed by atoms with E-state index in [1.165, 1.54) is 0 Å². The summed E-state index contributed by atoms with van der Waals surface area (Å²) in [6.45, 7) is 16.4. The number of aromatic hydroxyl groups is 1. The Kier molecular flexibility index (Phi) is 12.8. The van der Waals surface area contributed by atoms with Gasteiger partial charge in [0.1, 0.15) is 59.2 Å². The summed E-state index contributed by atoms with van der Waals surface area (Å²) >= 11 is 0. The highest BCUT2D eigenvalue weighted by Crippen LogP contribution is 2.39. The van der Waals surface area contributed by atoms with Gasteiger partial charge in [-0.1, -0.05) is 23.3 Å². The van der Waals surface area contributed by atoms with Gasteiger partial charge in [0.2, 0.25) is 5.43 Å². The van der Waals surface area contributed by atoms with Gasteiger partial charge in [0.25, 0.3) is 0 Å². The topological polar surface area (TPSA) is 134 Å². The van der Waals surface area contributed by atoms with Gasteiger partial charge in [-0.15, -0.1) is 0 Å². The van der Waals surface area contributed by atoms with Crippen molar-refractivity contribution in [3.63, 3.8) is 0 Å². The molecule has 2 aliphatic rings. The number of aliphatic hydroxyl groups excluding tert-OH is 2. The molecule has 1 aromatic heterocycles. The normalized spacial score (nSPS) is 17.2. The zero-order valence-electron chi connectivity index (χ0n) is 29.5. The Balaban J connectivity index is 1.53. The van der Waals surface area contributed by atoms with Crippen molar-refractivity contribution in [2.24, 2.45) is 0 Å². The summed E-state index contributed by atoms with van der Waals surface area (Å²) < 4.78 is 29.6. The average molecular weight is 681 g/mol. The fourth-order valence-corrected chi connectivity index (χ4v) is 6.30. The predicted octanol–water partition coefficient (Wildman–Crippen LogP) is 4.12. The Hall–Kier alpha value is -3.45. The Morgan fingerprint density at radius 3 is 1.78 bits per heavy atom. The standard InChI is InChI=1S/C38H52N2O9/c1-24(2)6-8-29-26(5)31(47-22-27(41)20-39-10-14-45-15-11-39)18-33-35(29)38(44)36-34(49-33)19-32(30(37(36)43)9-7-25(3)4)48-23-28(42)21-40-12-16-46-17-13-40/h6-7,18-19,27-28,41-43H,8-17,20-23H2,1-5H3. The van der Waals surface area contributed by atoms with Gasteiger partial charge in [0.05, 0.1) is 31.8 Å². The summed E-state index contributed by atoms with van der Waals surface area (Å²) in [6, 6.07) is 3.33. The van der Waals surface area contributed by atoms with Crippen molar-refractivity contribution in [1.29, 1.82) is 0 Å². The van der Waals surface area contributed by atoms with E-state index in [4.69, 9.17) is 23.4 Å². The molecule has 0 spiro atoms. The Morgan fingerprint density at radius 1 is 0.776 bits per heavy atom. The minimum Gasteiger partial charge on any atom is -0.507 e. The number of fused-ring (bicyclic) bond motifs is 2. The summed E-state index contributed by atoms with van der Waals surface area (Å²) in [5.41, 5.74) is 4.25. The molecule has 0 amide bonds. The van der Waals surface area contributed by atoms with Crippen molar-refractivity contribution >= 4 is 21.9 Å². The van der Waals surface area contributed by atoms with Gasteiger partial charge < -0.3 is 38.7 Å². The first kappa shape index (κ1) is 36.8. The van der Waals surface area contributed by atoms with Gasteiger partial charge in [-0.2, -0.15) is 0 Å². The van der Waals surface area contributed by atoms with Gasteiger partial charge in [-0.3, -0.25) is 14.6 Å². The molecule has 0 radical (unpaired) electrons. The molecule has 2 atom stereocenters. The maximum Gasteiger partial charge on any atom is 0.204 e. The van der Waals surface area contributed by atoms with Crippen LogP contribution in [0, 0.1) is 6.92 Å². The van der Waals surface area contributed by atoms with Crippen molar-refractivity contribution in [1.82, 2.24) is 9.80 Å². The molecule has 3 heterocycles. The Bertz CT molecular complexity index is 1710. The number of β-amino-alcohol motifs (C(OH)–C–C–N with tert-alkyl or cyclic N) is 2. The summed E-state index contributed by atoms with van der Waals surface area (Å²) in [5.74, 6) is 0.659. The van der Waals surface area contributed by atoms with Crippen LogP contribution in [0.25, 0.3) is 21.9 Å². The maximum absolute atomic E-state index is 14.4. The summed E-state index contributed by atoms with van der Waals surface area (Å²) in [4.78, 5) is 18.6. The first-order chi connectivity index (χ1) is 23.5. The Labute approximate surface area is 288 Å². The molecule has 0 saturated carbocycles. The second kappa shape index (κ2) is 17.0. The van der Waals surface area contributed by atoms with E-state index >= 15 is 0 Å². The molecule has 49 heavy (non-hydrogen) atoms. The summed E-state index contributed by atoms with van der Waals surface area (Å²) in [7, 11) is 0. The van der Waals surface area contributed by atoms with Gasteiger partial charge in [-0.05, 0) is 58.6 Å². The molecule has 11 heteroatoms. The number of hydrogen-bond donors (Lipinski definition) is 3. The molecule has 0 bridgehead atoms. The molecule has 2 fully saturated rings. The zero-order valence-corrected chi connectivity index (χ0v) is 29.5. The first-order valence-corrected chi connectivity index (χ1v) is 17.3. The second-order valence-electron chi connectivity index (χ2n) is 13.6. The van der Waals surface area contributed by atoms with Gasteiger partial charge >= 0.3 is 0 Å². The number of phenols is 1. The van der Waals surface area contributed by atoms with Crippen LogP contribution in [0.3, 0.4) is 0 Å². The predicted molar refractivity (Wildman–Crippen MR) is 190 cm³/mol. The van der Waals surface area contributed by atoms with E-state index in [1.807, 2.05) is 46.8 Å². The fraction of sp³-hybridized carbons (Fsp3) is 0.553. The van der Waals surface area contributed by atoms with Crippen LogP contribution in [0.15, 0.2) is 44.6 Å². The second-order valence-corrected chi connectivity index (χ2v) is 13.6. The highest BCUT2D eigenvalue weighted by Gasteiger charge is 2.24. The zero-order chi connectivity index (χ0) is 35.1. The summed E-state index contributed by atoms with van der Waals surface area (Å²) in [6.07, 6.45) is 3.31. The average Bonchev–Trinajstić information content (AvgIpc) is 3.06. The number of nitrogens with zero attached hydrogens (tertiary/aromatic N) is 2. The van der Waals surface area contributed by atoms with Crippen LogP contribution < -0.4 is 14.9 Å². The number of benzene rings is 2. The van der Waals surface area contributed by atoms with Crippen molar-refractivity contribution in [2.45, 2.75) is 59.7 Å². The maximum atomic E-state index is 14.4. The van der Waals surface area contributed by atoms with Crippen LogP contribution in [0.2, 0.25) is 0 Å². The smallest absolute Gasteiger partial charge is 0.204 e. The molecule has 3 aromatic rings. The van der Waals surface area contributed by atoms with E-state index in [1.54, 1.807) is 12.1 Å². The molecule has 5 rings (SSSR count). The molecule has 268 valence electrons. The monoisotopic (exact) mass is 680 g/mol. The van der Waals surface area contributed by atoms with Crippen LogP contribution in [0.4, 0.5) is 0 Å². The number of allylic oxidation sites excluding steroid dienone is 4. The van der Waals surface area contributed by atoms with E-state index < -0.39 is 12.2 Å². The quantitative estimate of drug-likeness (QED) is 0.168. The molecule has 11 nitrogen and oxygen atoms in total. The molecule has 3 N–H and O–H groups in total. The van der Waals surface area contributed by atoms with Gasteiger partial charge in [-0.25, -0.2) is 0 Å². The van der Waals surface area contributed by atoms with Crippen LogP contribution in [-0.4, -0.2) is 116 Å². The van der Waals surface area contributed by atoms with Crippen molar-refractivity contribution in [2.75, 3.05) is 78.9 Å². The fourth-order valence-electron chi connectivity index (χ4n) is 6.30. The van der Waals surface area contributed by atoms with E-state index in [0.29, 0.717) is 80.4 Å². The van der Waals surface area contributed by atoms with Crippen molar-refractivity contribution in [3.8, 4) is 17.2 Å². The van der Waals surface area contributed by atoms with Gasteiger partial charge in [0, 0.05) is 57.0 Å². The number of phenolic OH excluding ortho intramolecular Hbond substituents is 1. The number of aliphatic hydroxyl groups is 2. The van der Waals surface area contributed by atoms with Crippen LogP contribution in [0.5, 0.6) is 17.2 Å². The molecular weight excluding hydrogens is 628 g/mol. The highest BCUT2D eigenvalue weighted by atomic mass is 16.5. The number of hydrogen-bond acceptors (Lipinski definition) is 11. The number of morpholine rings is 2. The molecule has 2 aliphatic heterocycles. The largest absolute Gasteiger partial charge is 0.507 e. The lowest BCUT2D eigenvalue weighted by Gasteiger charge is -2.28. The number of ether oxygens (including phenoxy) is 4. The third kappa shape index (κ3) is 9.42. The van der Waals surface area contributed by atoms with E-state index in [-0.39, 0.29) is 35.4 Å². The third-order valence-corrected chi connectivity index (χ3v) is 9.07. The van der Waals surface area contributed by atoms with Gasteiger partial charge in [0.15, 0.2) is 0 Å². The Morgan fingerprint density at radius 2 is 1.24 bits per heavy atom.